The van der Waals surface area contributed by atoms with Crippen molar-refractivity contribution in [3.05, 3.63) is 24.3 Å². The topological polar surface area (TPSA) is 110 Å². The largest absolute Gasteiger partial charge is 0.329 e. The third-order valence-electron chi connectivity index (χ3n) is 3.74. The highest BCUT2D eigenvalue weighted by Crippen LogP contribution is 2.27. The van der Waals surface area contributed by atoms with Gasteiger partial charge in [0.05, 0.1) is 0 Å². The van der Waals surface area contributed by atoms with Crippen LogP contribution in [0.15, 0.2) is 34.1 Å². The normalized spacial score (nSPS) is 16.8. The number of hydrogen-bond acceptors (Lipinski definition) is 5. The molecule has 2 rings (SSSR count). The molecule has 1 aliphatic rings. The van der Waals surface area contributed by atoms with Crippen molar-refractivity contribution in [2.24, 2.45) is 5.73 Å². The van der Waals surface area contributed by atoms with Crippen LogP contribution in [0.3, 0.4) is 0 Å². The second-order valence-corrected chi connectivity index (χ2v) is 9.81. The standard InChI is InChI=1S/C14H23N3O4S2.ClH/c1-14(2,11-15)16-22(18,19)12-7-3-4-8-13(12)23(20,21)17-9-5-6-10-17;/h3-4,7-8,16H,5-6,9-11,15H2,1-2H3;1H. The molecule has 0 aromatic heterocycles. The second kappa shape index (κ2) is 7.67. The van der Waals surface area contributed by atoms with Crippen LogP contribution in [0.25, 0.3) is 0 Å². The van der Waals surface area contributed by atoms with Crippen LogP contribution < -0.4 is 10.5 Å². The van der Waals surface area contributed by atoms with E-state index >= 15 is 0 Å². The number of benzene rings is 1. The summed E-state index contributed by atoms with van der Waals surface area (Å²) in [4.78, 5) is -0.435. The molecule has 0 radical (unpaired) electrons. The maximum Gasteiger partial charge on any atom is 0.244 e. The van der Waals surface area contributed by atoms with Gasteiger partial charge in [0.25, 0.3) is 0 Å². The number of halogens is 1. The van der Waals surface area contributed by atoms with Crippen LogP contribution in [0.2, 0.25) is 0 Å². The zero-order valence-corrected chi connectivity index (χ0v) is 16.2. The predicted molar refractivity (Wildman–Crippen MR) is 95.1 cm³/mol. The molecule has 138 valence electrons. The van der Waals surface area contributed by atoms with Crippen LogP contribution in [-0.4, -0.2) is 46.3 Å². The highest BCUT2D eigenvalue weighted by atomic mass is 35.5. The zero-order valence-electron chi connectivity index (χ0n) is 13.7. The third kappa shape index (κ3) is 4.47. The molecule has 10 heteroatoms. The van der Waals surface area contributed by atoms with Gasteiger partial charge in [-0.05, 0) is 38.8 Å². The first-order valence-corrected chi connectivity index (χ1v) is 10.4. The Hall–Kier alpha value is -0.710. The van der Waals surface area contributed by atoms with E-state index in [1.165, 1.54) is 28.6 Å². The molecule has 1 aliphatic heterocycles. The summed E-state index contributed by atoms with van der Waals surface area (Å²) >= 11 is 0. The molecule has 1 aromatic rings. The Labute approximate surface area is 150 Å². The fourth-order valence-electron chi connectivity index (χ4n) is 2.41. The van der Waals surface area contributed by atoms with Gasteiger partial charge < -0.3 is 5.73 Å². The summed E-state index contributed by atoms with van der Waals surface area (Å²) in [6.45, 7) is 4.20. The first kappa shape index (κ1) is 21.3. The van der Waals surface area contributed by atoms with Gasteiger partial charge in [-0.25, -0.2) is 21.6 Å². The maximum absolute atomic E-state index is 12.7. The highest BCUT2D eigenvalue weighted by molar-refractivity contribution is 7.92. The van der Waals surface area contributed by atoms with Crippen LogP contribution >= 0.6 is 12.4 Å². The van der Waals surface area contributed by atoms with Gasteiger partial charge in [-0.3, -0.25) is 0 Å². The smallest absolute Gasteiger partial charge is 0.244 e. The summed E-state index contributed by atoms with van der Waals surface area (Å²) in [5.41, 5.74) is 4.69. The molecule has 7 nitrogen and oxygen atoms in total. The fraction of sp³-hybridized carbons (Fsp3) is 0.571. The van der Waals surface area contributed by atoms with Gasteiger partial charge in [-0.2, -0.15) is 4.31 Å². The van der Waals surface area contributed by atoms with Crippen molar-refractivity contribution in [3.8, 4) is 0 Å². The Morgan fingerprint density at radius 2 is 1.58 bits per heavy atom. The number of sulfonamides is 2. The lowest BCUT2D eigenvalue weighted by Crippen LogP contribution is -2.49. The van der Waals surface area contributed by atoms with E-state index in [-0.39, 0.29) is 28.7 Å². The molecule has 0 amide bonds. The first-order valence-electron chi connectivity index (χ1n) is 7.43. The molecular formula is C14H24ClN3O4S2. The zero-order chi connectivity index (χ0) is 17.3. The molecule has 0 spiro atoms. The summed E-state index contributed by atoms with van der Waals surface area (Å²) < 4.78 is 54.6. The first-order chi connectivity index (χ1) is 10.6. The molecule has 24 heavy (non-hydrogen) atoms. The van der Waals surface area contributed by atoms with Crippen molar-refractivity contribution >= 4 is 32.5 Å². The molecule has 1 saturated heterocycles. The van der Waals surface area contributed by atoms with Crippen LogP contribution in [0.4, 0.5) is 0 Å². The summed E-state index contributed by atoms with van der Waals surface area (Å²) in [5, 5.41) is 0. The van der Waals surface area contributed by atoms with Gasteiger partial charge in [0.15, 0.2) is 0 Å². The molecule has 1 aromatic carbocycles. The van der Waals surface area contributed by atoms with Crippen molar-refractivity contribution in [3.63, 3.8) is 0 Å². The summed E-state index contributed by atoms with van der Waals surface area (Å²) in [5.74, 6) is 0. The molecule has 0 atom stereocenters. The molecule has 0 bridgehead atoms. The number of nitrogens with zero attached hydrogens (tertiary/aromatic N) is 1. The highest BCUT2D eigenvalue weighted by Gasteiger charge is 2.34. The Morgan fingerprint density at radius 3 is 2.08 bits per heavy atom. The number of hydrogen-bond donors (Lipinski definition) is 2. The van der Waals surface area contributed by atoms with Gasteiger partial charge in [0, 0.05) is 25.2 Å². The van der Waals surface area contributed by atoms with E-state index in [1.807, 2.05) is 0 Å². The lowest BCUT2D eigenvalue weighted by molar-refractivity contribution is 0.458. The Bertz CT molecular complexity index is 773. The average molecular weight is 398 g/mol. The predicted octanol–water partition coefficient (Wildman–Crippen LogP) is 0.908. The van der Waals surface area contributed by atoms with E-state index in [0.29, 0.717) is 13.1 Å². The number of rotatable bonds is 6. The van der Waals surface area contributed by atoms with E-state index in [9.17, 15) is 16.8 Å². The number of nitrogens with two attached hydrogens (primary N) is 1. The molecule has 0 unspecified atom stereocenters. The van der Waals surface area contributed by atoms with Crippen molar-refractivity contribution < 1.29 is 16.8 Å². The van der Waals surface area contributed by atoms with Crippen molar-refractivity contribution in [2.75, 3.05) is 19.6 Å². The van der Waals surface area contributed by atoms with Crippen molar-refractivity contribution in [1.29, 1.82) is 0 Å². The monoisotopic (exact) mass is 397 g/mol. The third-order valence-corrected chi connectivity index (χ3v) is 7.58. The average Bonchev–Trinajstić information content (AvgIpc) is 3.01. The van der Waals surface area contributed by atoms with Crippen LogP contribution in [0.5, 0.6) is 0 Å². The van der Waals surface area contributed by atoms with Crippen LogP contribution in [0.1, 0.15) is 26.7 Å². The van der Waals surface area contributed by atoms with E-state index in [4.69, 9.17) is 5.73 Å². The SMILES string of the molecule is CC(C)(CN)NS(=O)(=O)c1ccccc1S(=O)(=O)N1CCCC1.Cl. The van der Waals surface area contributed by atoms with E-state index in [2.05, 4.69) is 4.72 Å². The second-order valence-electron chi connectivity index (χ2n) is 6.25. The quantitative estimate of drug-likeness (QED) is 0.741. The molecular weight excluding hydrogens is 374 g/mol. The molecule has 0 aliphatic carbocycles. The van der Waals surface area contributed by atoms with Crippen LogP contribution in [0, 0.1) is 0 Å². The van der Waals surface area contributed by atoms with Gasteiger partial charge in [-0.15, -0.1) is 12.4 Å². The lowest BCUT2D eigenvalue weighted by Gasteiger charge is -2.25. The Balaban J connectivity index is 0.00000288. The summed E-state index contributed by atoms with van der Waals surface area (Å²) in [7, 11) is -7.84. The van der Waals surface area contributed by atoms with Gasteiger partial charge in [-0.1, -0.05) is 12.1 Å². The van der Waals surface area contributed by atoms with E-state index < -0.39 is 25.6 Å². The molecule has 3 N–H and O–H groups in total. The van der Waals surface area contributed by atoms with Gasteiger partial charge in [0.1, 0.15) is 9.79 Å². The summed E-state index contributed by atoms with van der Waals surface area (Å²) in [6.07, 6.45) is 1.57. The lowest BCUT2D eigenvalue weighted by atomic mass is 10.1. The minimum absolute atomic E-state index is 0. The Morgan fingerprint density at radius 1 is 1.08 bits per heavy atom. The van der Waals surface area contributed by atoms with Gasteiger partial charge in [0.2, 0.25) is 20.0 Å². The van der Waals surface area contributed by atoms with Crippen molar-refractivity contribution in [2.45, 2.75) is 42.0 Å². The van der Waals surface area contributed by atoms with Crippen molar-refractivity contribution in [1.82, 2.24) is 9.03 Å². The number of nitrogens with one attached hydrogen (secondary N) is 1. The summed E-state index contributed by atoms with van der Waals surface area (Å²) in [6, 6.07) is 5.67. The minimum Gasteiger partial charge on any atom is -0.329 e. The van der Waals surface area contributed by atoms with Gasteiger partial charge >= 0.3 is 0 Å². The maximum atomic E-state index is 12.7. The molecule has 0 saturated carbocycles. The van der Waals surface area contributed by atoms with E-state index in [1.54, 1.807) is 13.8 Å². The molecule has 1 fully saturated rings. The fourth-order valence-corrected chi connectivity index (χ4v) is 6.16. The molecule has 1 heterocycles. The van der Waals surface area contributed by atoms with E-state index in [0.717, 1.165) is 12.8 Å². The minimum atomic E-state index is -4.01. The van der Waals surface area contributed by atoms with Crippen LogP contribution in [-0.2, 0) is 20.0 Å². The Kier molecular flexibility index (Phi) is 6.82.